The largest absolute Gasteiger partial charge is 0.491 e. The van der Waals surface area contributed by atoms with Crippen LogP contribution in [0.2, 0.25) is 0 Å². The van der Waals surface area contributed by atoms with Gasteiger partial charge >= 0.3 is 0 Å². The standard InChI is InChI=1S/C30H38N4O5S/c1-21-9-12-26(13-10-21)40(36,37)32-24-11-14-27-28(16-24)39-20-23(3)34(18-25-8-6-7-15-31-25)17-22(2)29(38-5)19-33(4)30(27)35/h6-16,22-23,29,32H,17-20H2,1-5H3/t22-,23-,29-/m1/s1. The van der Waals surface area contributed by atoms with E-state index < -0.39 is 10.0 Å². The van der Waals surface area contributed by atoms with Gasteiger partial charge in [0.15, 0.2) is 0 Å². The van der Waals surface area contributed by atoms with Gasteiger partial charge in [-0.2, -0.15) is 0 Å². The summed E-state index contributed by atoms with van der Waals surface area (Å²) >= 11 is 0. The smallest absolute Gasteiger partial charge is 0.261 e. The van der Waals surface area contributed by atoms with Gasteiger partial charge in [-0.3, -0.25) is 19.4 Å². The van der Waals surface area contributed by atoms with Gasteiger partial charge in [-0.1, -0.05) is 30.7 Å². The number of nitrogens with zero attached hydrogens (tertiary/aromatic N) is 3. The van der Waals surface area contributed by atoms with Gasteiger partial charge in [0.25, 0.3) is 15.9 Å². The van der Waals surface area contributed by atoms with Crippen molar-refractivity contribution in [1.29, 1.82) is 0 Å². The third-order valence-electron chi connectivity index (χ3n) is 7.25. The van der Waals surface area contributed by atoms with E-state index in [1.54, 1.807) is 67.7 Å². The molecule has 2 aromatic carbocycles. The second kappa shape index (κ2) is 12.8. The maximum Gasteiger partial charge on any atom is 0.261 e. The molecule has 0 radical (unpaired) electrons. The summed E-state index contributed by atoms with van der Waals surface area (Å²) in [6, 6.07) is 17.2. The number of benzene rings is 2. The van der Waals surface area contributed by atoms with Crippen LogP contribution in [0.3, 0.4) is 0 Å². The second-order valence-electron chi connectivity index (χ2n) is 10.5. The number of carbonyl (C=O) groups excluding carboxylic acids is 1. The van der Waals surface area contributed by atoms with Gasteiger partial charge in [-0.25, -0.2) is 8.42 Å². The summed E-state index contributed by atoms with van der Waals surface area (Å²) < 4.78 is 40.7. The number of ether oxygens (including phenoxy) is 2. The van der Waals surface area contributed by atoms with Crippen LogP contribution in [-0.4, -0.2) is 75.1 Å². The first-order valence-corrected chi connectivity index (χ1v) is 14.8. The highest BCUT2D eigenvalue weighted by molar-refractivity contribution is 7.92. The fraction of sp³-hybridized carbons (Fsp3) is 0.400. The first-order chi connectivity index (χ1) is 19.1. The monoisotopic (exact) mass is 566 g/mol. The van der Waals surface area contributed by atoms with E-state index >= 15 is 0 Å². The molecular weight excluding hydrogens is 528 g/mol. The molecule has 0 saturated carbocycles. The molecule has 10 heteroatoms. The van der Waals surface area contributed by atoms with Crippen LogP contribution >= 0.6 is 0 Å². The van der Waals surface area contributed by atoms with Gasteiger partial charge in [0.1, 0.15) is 12.4 Å². The zero-order chi connectivity index (χ0) is 28.9. The van der Waals surface area contributed by atoms with Crippen LogP contribution in [0.15, 0.2) is 71.8 Å². The van der Waals surface area contributed by atoms with Crippen molar-refractivity contribution >= 4 is 21.6 Å². The Balaban J connectivity index is 1.65. The number of hydrogen-bond acceptors (Lipinski definition) is 7. The average molecular weight is 567 g/mol. The van der Waals surface area contributed by atoms with Crippen molar-refractivity contribution in [1.82, 2.24) is 14.8 Å². The molecule has 1 N–H and O–H groups in total. The van der Waals surface area contributed by atoms with Crippen molar-refractivity contribution < 1.29 is 22.7 Å². The van der Waals surface area contributed by atoms with E-state index in [2.05, 4.69) is 28.5 Å². The maximum atomic E-state index is 13.5. The van der Waals surface area contributed by atoms with Crippen molar-refractivity contribution in [2.75, 3.05) is 38.6 Å². The van der Waals surface area contributed by atoms with E-state index in [9.17, 15) is 13.2 Å². The highest BCUT2D eigenvalue weighted by atomic mass is 32.2. The summed E-state index contributed by atoms with van der Waals surface area (Å²) in [5.41, 5.74) is 2.57. The third kappa shape index (κ3) is 7.18. The predicted molar refractivity (Wildman–Crippen MR) is 155 cm³/mol. The zero-order valence-corrected chi connectivity index (χ0v) is 24.5. The van der Waals surface area contributed by atoms with Gasteiger partial charge in [0, 0.05) is 52.1 Å². The van der Waals surface area contributed by atoms with Crippen molar-refractivity contribution in [3.8, 4) is 5.75 Å². The van der Waals surface area contributed by atoms with Gasteiger partial charge < -0.3 is 14.4 Å². The lowest BCUT2D eigenvalue weighted by atomic mass is 10.0. The molecule has 1 aliphatic rings. The Labute approximate surface area is 237 Å². The van der Waals surface area contributed by atoms with Crippen LogP contribution < -0.4 is 9.46 Å². The topological polar surface area (TPSA) is 101 Å². The van der Waals surface area contributed by atoms with Crippen LogP contribution in [0.4, 0.5) is 5.69 Å². The van der Waals surface area contributed by atoms with E-state index in [4.69, 9.17) is 9.47 Å². The van der Waals surface area contributed by atoms with Crippen LogP contribution in [0, 0.1) is 12.8 Å². The molecular formula is C30H38N4O5S. The summed E-state index contributed by atoms with van der Waals surface area (Å²) in [7, 11) is -0.421. The Morgan fingerprint density at radius 1 is 1.07 bits per heavy atom. The Morgan fingerprint density at radius 2 is 1.82 bits per heavy atom. The molecule has 0 aliphatic carbocycles. The molecule has 214 valence electrons. The van der Waals surface area contributed by atoms with Gasteiger partial charge in [0.05, 0.1) is 27.9 Å². The van der Waals surface area contributed by atoms with Crippen molar-refractivity contribution in [3.63, 3.8) is 0 Å². The van der Waals surface area contributed by atoms with Crippen LogP contribution in [-0.2, 0) is 21.3 Å². The first-order valence-electron chi connectivity index (χ1n) is 13.4. The number of methoxy groups -OCH3 is 1. The Kier molecular flexibility index (Phi) is 9.44. The number of carbonyl (C=O) groups is 1. The molecule has 40 heavy (non-hydrogen) atoms. The molecule has 4 rings (SSSR count). The van der Waals surface area contributed by atoms with Crippen molar-refractivity contribution in [3.05, 3.63) is 83.7 Å². The molecule has 2 heterocycles. The molecule has 9 nitrogen and oxygen atoms in total. The number of pyridine rings is 1. The molecule has 0 fully saturated rings. The molecule has 3 atom stereocenters. The summed E-state index contributed by atoms with van der Waals surface area (Å²) in [4.78, 5) is 22.1. The Bertz CT molecular complexity index is 1400. The van der Waals surface area contributed by atoms with Crippen molar-refractivity contribution in [2.24, 2.45) is 5.92 Å². The summed E-state index contributed by atoms with van der Waals surface area (Å²) in [6.45, 7) is 8.11. The first kappa shape index (κ1) is 29.5. The number of amides is 1. The lowest BCUT2D eigenvalue weighted by molar-refractivity contribution is 0.00901. The highest BCUT2D eigenvalue weighted by Gasteiger charge is 2.29. The second-order valence-corrected chi connectivity index (χ2v) is 12.2. The number of likely N-dealkylation sites (N-methyl/N-ethyl adjacent to an activating group) is 1. The van der Waals surface area contributed by atoms with Gasteiger partial charge in [-0.05, 0) is 56.2 Å². The predicted octanol–water partition coefficient (Wildman–Crippen LogP) is 4.20. The zero-order valence-electron chi connectivity index (χ0n) is 23.7. The average Bonchev–Trinajstić information content (AvgIpc) is 2.94. The quantitative estimate of drug-likeness (QED) is 0.477. The molecule has 0 spiro atoms. The number of hydrogen-bond donors (Lipinski definition) is 1. The normalized spacial score (nSPS) is 21.1. The van der Waals surface area contributed by atoms with Gasteiger partial charge in [-0.15, -0.1) is 0 Å². The number of fused-ring (bicyclic) bond motifs is 1. The molecule has 1 aromatic heterocycles. The molecule has 0 unspecified atom stereocenters. The lowest BCUT2D eigenvalue weighted by Crippen LogP contribution is -2.46. The molecule has 0 saturated heterocycles. The van der Waals surface area contributed by atoms with E-state index in [1.807, 2.05) is 25.1 Å². The number of sulfonamides is 1. The molecule has 1 aliphatic heterocycles. The Hall–Kier alpha value is -3.47. The summed E-state index contributed by atoms with van der Waals surface area (Å²) in [5, 5.41) is 0. The van der Waals surface area contributed by atoms with E-state index in [0.717, 1.165) is 11.3 Å². The van der Waals surface area contributed by atoms with Crippen LogP contribution in [0.1, 0.15) is 35.5 Å². The van der Waals surface area contributed by atoms with Crippen molar-refractivity contribution in [2.45, 2.75) is 44.4 Å². The summed E-state index contributed by atoms with van der Waals surface area (Å²) in [5.74, 6) is 0.216. The minimum absolute atomic E-state index is 0.0324. The fourth-order valence-electron chi connectivity index (χ4n) is 4.76. The Morgan fingerprint density at radius 3 is 2.50 bits per heavy atom. The number of nitrogens with one attached hydrogen (secondary N) is 1. The SMILES string of the molecule is CO[C@@H]1CN(C)C(=O)c2ccc(NS(=O)(=O)c3ccc(C)cc3)cc2OC[C@@H](C)N(Cc2ccccn2)C[C@H]1C. The van der Waals surface area contributed by atoms with E-state index in [0.29, 0.717) is 36.6 Å². The maximum absolute atomic E-state index is 13.5. The molecule has 3 aromatic rings. The third-order valence-corrected chi connectivity index (χ3v) is 8.65. The highest BCUT2D eigenvalue weighted by Crippen LogP contribution is 2.28. The number of anilines is 1. The minimum Gasteiger partial charge on any atom is -0.491 e. The minimum atomic E-state index is -3.82. The lowest BCUT2D eigenvalue weighted by Gasteiger charge is -2.35. The van der Waals surface area contributed by atoms with Gasteiger partial charge in [0.2, 0.25) is 0 Å². The number of rotatable bonds is 6. The van der Waals surface area contributed by atoms with E-state index in [1.165, 1.54) is 0 Å². The summed E-state index contributed by atoms with van der Waals surface area (Å²) in [6.07, 6.45) is 1.60. The van der Waals surface area contributed by atoms with Crippen LogP contribution in [0.5, 0.6) is 5.75 Å². The van der Waals surface area contributed by atoms with E-state index in [-0.39, 0.29) is 35.5 Å². The number of aromatic nitrogens is 1. The van der Waals surface area contributed by atoms with Crippen LogP contribution in [0.25, 0.3) is 0 Å². The molecule has 0 bridgehead atoms. The number of aryl methyl sites for hydroxylation is 1. The molecule has 1 amide bonds. The fourth-order valence-corrected chi connectivity index (χ4v) is 5.81.